The number of hydrogen-bond acceptors (Lipinski definition) is 2. The summed E-state index contributed by atoms with van der Waals surface area (Å²) in [5, 5.41) is 8.31. The molecule has 0 unspecified atom stereocenters. The topological polar surface area (TPSA) is 65.5 Å². The van der Waals surface area contributed by atoms with E-state index in [0.717, 1.165) is 12.0 Å². The van der Waals surface area contributed by atoms with Crippen molar-refractivity contribution in [3.8, 4) is 0 Å². The predicted octanol–water partition coefficient (Wildman–Crippen LogP) is 2.44. The van der Waals surface area contributed by atoms with Crippen LogP contribution in [0.3, 0.4) is 0 Å². The van der Waals surface area contributed by atoms with Crippen molar-refractivity contribution in [1.29, 1.82) is 0 Å². The number of guanidine groups is 1. The third-order valence-corrected chi connectivity index (χ3v) is 3.11. The molecule has 0 radical (unpaired) electrons. The van der Waals surface area contributed by atoms with Crippen LogP contribution >= 0.6 is 0 Å². The molecule has 0 heterocycles. The standard InChI is InChI=1S/C16H23F3N4O/c1-3-8-21-14(24)13-6-4-5-12(10-13)11-23-15(20-2)22-9-7-16(17,18)19/h4-6,10H,3,7-9,11H2,1-2H3,(H,21,24)(H2,20,22,23). The molecule has 0 aliphatic rings. The number of benzene rings is 1. The SMILES string of the molecule is CCCNC(=O)c1cccc(CNC(=NC)NCCC(F)(F)F)c1. The van der Waals surface area contributed by atoms with Gasteiger partial charge in [0.15, 0.2) is 5.96 Å². The van der Waals surface area contributed by atoms with Gasteiger partial charge in [-0.1, -0.05) is 19.1 Å². The van der Waals surface area contributed by atoms with Crippen molar-refractivity contribution >= 4 is 11.9 Å². The number of hydrogen-bond donors (Lipinski definition) is 3. The van der Waals surface area contributed by atoms with Crippen molar-refractivity contribution in [2.45, 2.75) is 32.5 Å². The summed E-state index contributed by atoms with van der Waals surface area (Å²) in [4.78, 5) is 15.8. The molecule has 134 valence electrons. The van der Waals surface area contributed by atoms with E-state index in [1.807, 2.05) is 13.0 Å². The summed E-state index contributed by atoms with van der Waals surface area (Å²) in [6.45, 7) is 2.68. The molecule has 0 saturated carbocycles. The van der Waals surface area contributed by atoms with Crippen LogP contribution in [0.1, 0.15) is 35.7 Å². The minimum atomic E-state index is -4.20. The lowest BCUT2D eigenvalue weighted by molar-refractivity contribution is -0.132. The predicted molar refractivity (Wildman–Crippen MR) is 87.9 cm³/mol. The Balaban J connectivity index is 2.52. The van der Waals surface area contributed by atoms with Gasteiger partial charge >= 0.3 is 6.18 Å². The Hall–Kier alpha value is -2.25. The maximum absolute atomic E-state index is 12.1. The van der Waals surface area contributed by atoms with Crippen molar-refractivity contribution in [2.75, 3.05) is 20.1 Å². The first-order valence-corrected chi connectivity index (χ1v) is 7.74. The third kappa shape index (κ3) is 7.85. The normalized spacial score (nSPS) is 12.0. The molecular weight excluding hydrogens is 321 g/mol. The fourth-order valence-corrected chi connectivity index (χ4v) is 1.89. The zero-order valence-electron chi connectivity index (χ0n) is 13.8. The van der Waals surface area contributed by atoms with E-state index in [1.54, 1.807) is 18.2 Å². The summed E-state index contributed by atoms with van der Waals surface area (Å²) in [6, 6.07) is 7.04. The molecule has 0 saturated heterocycles. The highest BCUT2D eigenvalue weighted by Crippen LogP contribution is 2.18. The van der Waals surface area contributed by atoms with Crippen molar-refractivity contribution in [2.24, 2.45) is 4.99 Å². The average Bonchev–Trinajstić information content (AvgIpc) is 2.55. The van der Waals surface area contributed by atoms with E-state index in [0.29, 0.717) is 18.7 Å². The lowest BCUT2D eigenvalue weighted by atomic mass is 10.1. The van der Waals surface area contributed by atoms with Gasteiger partial charge in [0.05, 0.1) is 6.42 Å². The lowest BCUT2D eigenvalue weighted by Gasteiger charge is -2.13. The molecule has 0 fully saturated rings. The molecule has 0 spiro atoms. The van der Waals surface area contributed by atoms with E-state index in [9.17, 15) is 18.0 Å². The second-order valence-corrected chi connectivity index (χ2v) is 5.17. The Morgan fingerprint density at radius 2 is 1.92 bits per heavy atom. The monoisotopic (exact) mass is 344 g/mol. The summed E-state index contributed by atoms with van der Waals surface area (Å²) < 4.78 is 36.4. The first-order valence-electron chi connectivity index (χ1n) is 7.74. The molecule has 1 amide bonds. The van der Waals surface area contributed by atoms with Gasteiger partial charge in [0, 0.05) is 32.2 Å². The second-order valence-electron chi connectivity index (χ2n) is 5.17. The second kappa shape index (κ2) is 9.79. The number of amides is 1. The Labute approximate surface area is 139 Å². The van der Waals surface area contributed by atoms with Gasteiger partial charge in [-0.15, -0.1) is 0 Å². The highest BCUT2D eigenvalue weighted by molar-refractivity contribution is 5.94. The molecule has 1 aromatic rings. The third-order valence-electron chi connectivity index (χ3n) is 3.11. The van der Waals surface area contributed by atoms with Crippen LogP contribution in [-0.4, -0.2) is 38.2 Å². The van der Waals surface area contributed by atoms with Crippen LogP contribution in [0.25, 0.3) is 0 Å². The van der Waals surface area contributed by atoms with E-state index in [-0.39, 0.29) is 18.4 Å². The molecule has 0 bridgehead atoms. The van der Waals surface area contributed by atoms with Crippen LogP contribution in [0.2, 0.25) is 0 Å². The summed E-state index contributed by atoms with van der Waals surface area (Å²) in [7, 11) is 1.48. The van der Waals surface area contributed by atoms with Gasteiger partial charge in [-0.05, 0) is 24.1 Å². The summed E-state index contributed by atoms with van der Waals surface area (Å²) in [5.74, 6) is 0.131. The van der Waals surface area contributed by atoms with Gasteiger partial charge < -0.3 is 16.0 Å². The molecular formula is C16H23F3N4O. The van der Waals surface area contributed by atoms with E-state index >= 15 is 0 Å². The van der Waals surface area contributed by atoms with E-state index in [1.165, 1.54) is 7.05 Å². The first-order chi connectivity index (χ1) is 11.4. The molecule has 0 aliphatic heterocycles. The van der Waals surface area contributed by atoms with Gasteiger partial charge in [-0.2, -0.15) is 13.2 Å². The first kappa shape index (κ1) is 19.8. The fourth-order valence-electron chi connectivity index (χ4n) is 1.89. The average molecular weight is 344 g/mol. The van der Waals surface area contributed by atoms with Gasteiger partial charge in [-0.3, -0.25) is 9.79 Å². The van der Waals surface area contributed by atoms with Crippen LogP contribution in [0.15, 0.2) is 29.3 Å². The number of rotatable bonds is 7. The molecule has 8 heteroatoms. The number of halogens is 3. The molecule has 0 aromatic heterocycles. The van der Waals surface area contributed by atoms with Crippen LogP contribution in [-0.2, 0) is 6.54 Å². The molecule has 0 aliphatic carbocycles. The Kier molecular flexibility index (Phi) is 8.08. The van der Waals surface area contributed by atoms with Crippen molar-refractivity contribution in [3.05, 3.63) is 35.4 Å². The number of carbonyl (C=O) groups is 1. The number of carbonyl (C=O) groups excluding carboxylic acids is 1. The van der Waals surface area contributed by atoms with Crippen molar-refractivity contribution in [3.63, 3.8) is 0 Å². The summed E-state index contributed by atoms with van der Waals surface area (Å²) in [6.07, 6.45) is -4.28. The molecule has 24 heavy (non-hydrogen) atoms. The number of aliphatic imine (C=N–C) groups is 1. The van der Waals surface area contributed by atoms with Gasteiger partial charge in [0.1, 0.15) is 0 Å². The van der Waals surface area contributed by atoms with Crippen molar-refractivity contribution < 1.29 is 18.0 Å². The van der Waals surface area contributed by atoms with Crippen LogP contribution in [0.5, 0.6) is 0 Å². The zero-order chi connectivity index (χ0) is 18.0. The fraction of sp³-hybridized carbons (Fsp3) is 0.500. The summed E-state index contributed by atoms with van der Waals surface area (Å²) in [5.41, 5.74) is 1.38. The van der Waals surface area contributed by atoms with Gasteiger partial charge in [-0.25, -0.2) is 0 Å². The molecule has 3 N–H and O–H groups in total. The Morgan fingerprint density at radius 1 is 1.17 bits per heavy atom. The minimum absolute atomic E-state index is 0.147. The molecule has 0 atom stereocenters. The van der Waals surface area contributed by atoms with Gasteiger partial charge in [0.25, 0.3) is 5.91 Å². The number of nitrogens with zero attached hydrogens (tertiary/aromatic N) is 1. The quantitative estimate of drug-likeness (QED) is 0.526. The van der Waals surface area contributed by atoms with Crippen molar-refractivity contribution in [1.82, 2.24) is 16.0 Å². The lowest BCUT2D eigenvalue weighted by Crippen LogP contribution is -2.38. The summed E-state index contributed by atoms with van der Waals surface area (Å²) >= 11 is 0. The highest BCUT2D eigenvalue weighted by atomic mass is 19.4. The minimum Gasteiger partial charge on any atom is -0.356 e. The van der Waals surface area contributed by atoms with E-state index < -0.39 is 12.6 Å². The number of alkyl halides is 3. The highest BCUT2D eigenvalue weighted by Gasteiger charge is 2.26. The van der Waals surface area contributed by atoms with Crippen LogP contribution in [0, 0.1) is 0 Å². The van der Waals surface area contributed by atoms with Crippen LogP contribution in [0.4, 0.5) is 13.2 Å². The molecule has 5 nitrogen and oxygen atoms in total. The largest absolute Gasteiger partial charge is 0.390 e. The Bertz CT molecular complexity index is 558. The van der Waals surface area contributed by atoms with Crippen LogP contribution < -0.4 is 16.0 Å². The molecule has 1 rings (SSSR count). The zero-order valence-corrected chi connectivity index (χ0v) is 13.8. The maximum Gasteiger partial charge on any atom is 0.390 e. The van der Waals surface area contributed by atoms with E-state index in [4.69, 9.17) is 0 Å². The van der Waals surface area contributed by atoms with E-state index in [2.05, 4.69) is 20.9 Å². The Morgan fingerprint density at radius 3 is 2.54 bits per heavy atom. The van der Waals surface area contributed by atoms with Gasteiger partial charge in [0.2, 0.25) is 0 Å². The smallest absolute Gasteiger partial charge is 0.356 e. The number of nitrogens with one attached hydrogen (secondary N) is 3. The molecule has 1 aromatic carbocycles. The maximum atomic E-state index is 12.1.